The largest absolute Gasteiger partial charge is 0.476 e. The zero-order chi connectivity index (χ0) is 13.6. The third-order valence-electron chi connectivity index (χ3n) is 3.01. The van der Waals surface area contributed by atoms with Crippen LogP contribution in [0.5, 0.6) is 0 Å². The molecule has 0 spiro atoms. The van der Waals surface area contributed by atoms with E-state index < -0.39 is 0 Å². The molecule has 0 aliphatic carbocycles. The van der Waals surface area contributed by atoms with Crippen molar-refractivity contribution in [3.8, 4) is 0 Å². The zero-order valence-corrected chi connectivity index (χ0v) is 11.1. The average Bonchev–Trinajstić information content (AvgIpc) is 3.02. The SMILES string of the molecule is C(/C1=NCCO1)=C(/Nc1ccccc1)c1ccccc1. The Morgan fingerprint density at radius 1 is 1.00 bits per heavy atom. The lowest BCUT2D eigenvalue weighted by molar-refractivity contribution is 0.350. The Morgan fingerprint density at radius 2 is 1.70 bits per heavy atom. The number of aliphatic imine (C=N–C) groups is 1. The molecule has 1 aliphatic rings. The Labute approximate surface area is 118 Å². The molecule has 1 N–H and O–H groups in total. The lowest BCUT2D eigenvalue weighted by atomic mass is 10.1. The molecule has 0 aromatic heterocycles. The molecule has 0 amide bonds. The van der Waals surface area contributed by atoms with Crippen molar-refractivity contribution in [2.45, 2.75) is 0 Å². The van der Waals surface area contributed by atoms with E-state index in [4.69, 9.17) is 4.74 Å². The van der Waals surface area contributed by atoms with Gasteiger partial charge in [0.15, 0.2) is 0 Å². The smallest absolute Gasteiger partial charge is 0.210 e. The van der Waals surface area contributed by atoms with E-state index >= 15 is 0 Å². The maximum atomic E-state index is 5.48. The maximum absolute atomic E-state index is 5.48. The Hall–Kier alpha value is -2.55. The van der Waals surface area contributed by atoms with Gasteiger partial charge in [0.1, 0.15) is 6.61 Å². The number of rotatable bonds is 4. The number of anilines is 1. The molecule has 100 valence electrons. The fraction of sp³-hybridized carbons (Fsp3) is 0.118. The summed E-state index contributed by atoms with van der Waals surface area (Å²) in [5, 5.41) is 3.42. The van der Waals surface area contributed by atoms with Gasteiger partial charge in [0, 0.05) is 11.8 Å². The predicted molar refractivity (Wildman–Crippen MR) is 82.7 cm³/mol. The first-order valence-corrected chi connectivity index (χ1v) is 6.68. The molecular weight excluding hydrogens is 248 g/mol. The molecule has 0 radical (unpaired) electrons. The van der Waals surface area contributed by atoms with Gasteiger partial charge in [0.2, 0.25) is 5.90 Å². The maximum Gasteiger partial charge on any atom is 0.210 e. The number of nitrogens with zero attached hydrogens (tertiary/aromatic N) is 1. The third-order valence-corrected chi connectivity index (χ3v) is 3.01. The molecule has 0 saturated heterocycles. The number of hydrogen-bond acceptors (Lipinski definition) is 3. The van der Waals surface area contributed by atoms with Gasteiger partial charge < -0.3 is 10.1 Å². The monoisotopic (exact) mass is 264 g/mol. The van der Waals surface area contributed by atoms with Crippen LogP contribution < -0.4 is 5.32 Å². The highest BCUT2D eigenvalue weighted by Crippen LogP contribution is 2.19. The molecule has 20 heavy (non-hydrogen) atoms. The molecular formula is C17H16N2O. The second-order valence-electron chi connectivity index (χ2n) is 4.48. The minimum atomic E-state index is 0.666. The van der Waals surface area contributed by atoms with Crippen molar-refractivity contribution in [2.24, 2.45) is 4.99 Å². The molecule has 0 unspecified atom stereocenters. The second kappa shape index (κ2) is 6.06. The summed E-state index contributed by atoms with van der Waals surface area (Å²) in [4.78, 5) is 4.32. The van der Waals surface area contributed by atoms with Gasteiger partial charge in [-0.05, 0) is 17.7 Å². The normalized spacial score (nSPS) is 14.6. The van der Waals surface area contributed by atoms with Crippen molar-refractivity contribution in [1.82, 2.24) is 0 Å². The molecule has 3 nitrogen and oxygen atoms in total. The van der Waals surface area contributed by atoms with E-state index in [-0.39, 0.29) is 0 Å². The highest BCUT2D eigenvalue weighted by Gasteiger charge is 2.08. The molecule has 0 atom stereocenters. The van der Waals surface area contributed by atoms with Gasteiger partial charge >= 0.3 is 0 Å². The fourth-order valence-corrected chi connectivity index (χ4v) is 2.05. The van der Waals surface area contributed by atoms with Crippen molar-refractivity contribution in [3.05, 3.63) is 72.3 Å². The minimum absolute atomic E-state index is 0.666. The summed E-state index contributed by atoms with van der Waals surface area (Å²) in [6.45, 7) is 1.40. The van der Waals surface area contributed by atoms with Crippen LogP contribution in [-0.2, 0) is 4.74 Å². The lowest BCUT2D eigenvalue weighted by Crippen LogP contribution is -2.03. The Kier molecular flexibility index (Phi) is 3.78. The van der Waals surface area contributed by atoms with E-state index in [1.807, 2.05) is 54.6 Å². The van der Waals surface area contributed by atoms with E-state index in [9.17, 15) is 0 Å². The summed E-state index contributed by atoms with van der Waals surface area (Å²) in [6, 6.07) is 20.3. The van der Waals surface area contributed by atoms with Crippen molar-refractivity contribution < 1.29 is 4.74 Å². The van der Waals surface area contributed by atoms with Crippen LogP contribution >= 0.6 is 0 Å². The summed E-state index contributed by atoms with van der Waals surface area (Å²) >= 11 is 0. The van der Waals surface area contributed by atoms with Gasteiger partial charge in [-0.1, -0.05) is 48.5 Å². The lowest BCUT2D eigenvalue weighted by Gasteiger charge is -2.11. The van der Waals surface area contributed by atoms with Crippen LogP contribution in [0.2, 0.25) is 0 Å². The van der Waals surface area contributed by atoms with Crippen LogP contribution in [0.1, 0.15) is 5.56 Å². The first-order valence-electron chi connectivity index (χ1n) is 6.68. The summed E-state index contributed by atoms with van der Waals surface area (Å²) in [7, 11) is 0. The molecule has 1 heterocycles. The minimum Gasteiger partial charge on any atom is -0.476 e. The van der Waals surface area contributed by atoms with Crippen LogP contribution in [0.15, 0.2) is 71.7 Å². The second-order valence-corrected chi connectivity index (χ2v) is 4.48. The molecule has 3 heteroatoms. The molecule has 0 fully saturated rings. The summed E-state index contributed by atoms with van der Waals surface area (Å²) < 4.78 is 5.48. The molecule has 2 aromatic rings. The van der Waals surface area contributed by atoms with E-state index in [0.717, 1.165) is 23.5 Å². The Bertz CT molecular complexity index is 618. The zero-order valence-electron chi connectivity index (χ0n) is 11.1. The Balaban J connectivity index is 1.91. The van der Waals surface area contributed by atoms with E-state index in [1.165, 1.54) is 0 Å². The fourth-order valence-electron chi connectivity index (χ4n) is 2.05. The van der Waals surface area contributed by atoms with Crippen molar-refractivity contribution in [2.75, 3.05) is 18.5 Å². The van der Waals surface area contributed by atoms with Crippen molar-refractivity contribution in [1.29, 1.82) is 0 Å². The number of nitrogens with one attached hydrogen (secondary N) is 1. The Morgan fingerprint density at radius 3 is 2.35 bits per heavy atom. The quantitative estimate of drug-likeness (QED) is 0.916. The topological polar surface area (TPSA) is 33.6 Å². The summed E-state index contributed by atoms with van der Waals surface area (Å²) in [5.74, 6) is 0.687. The first-order chi connectivity index (χ1) is 9.92. The van der Waals surface area contributed by atoms with Crippen molar-refractivity contribution in [3.63, 3.8) is 0 Å². The van der Waals surface area contributed by atoms with E-state index in [1.54, 1.807) is 0 Å². The van der Waals surface area contributed by atoms with Crippen molar-refractivity contribution >= 4 is 17.3 Å². The first kappa shape index (κ1) is 12.5. The van der Waals surface area contributed by atoms with Gasteiger partial charge in [0.25, 0.3) is 0 Å². The molecule has 0 bridgehead atoms. The number of hydrogen-bond donors (Lipinski definition) is 1. The predicted octanol–water partition coefficient (Wildman–Crippen LogP) is 3.57. The summed E-state index contributed by atoms with van der Waals surface area (Å²) in [5.41, 5.74) is 3.13. The number of ether oxygens (including phenoxy) is 1. The van der Waals surface area contributed by atoms with Gasteiger partial charge in [-0.3, -0.25) is 0 Å². The van der Waals surface area contributed by atoms with Crippen LogP contribution in [0.4, 0.5) is 5.69 Å². The van der Waals surface area contributed by atoms with Gasteiger partial charge in [-0.25, -0.2) is 4.99 Å². The van der Waals surface area contributed by atoms with E-state index in [0.29, 0.717) is 12.5 Å². The third kappa shape index (κ3) is 3.06. The van der Waals surface area contributed by atoms with Crippen LogP contribution in [-0.4, -0.2) is 19.0 Å². The van der Waals surface area contributed by atoms with Crippen LogP contribution in [0.3, 0.4) is 0 Å². The molecule has 1 aliphatic heterocycles. The van der Waals surface area contributed by atoms with Gasteiger partial charge in [0.05, 0.1) is 12.2 Å². The summed E-state index contributed by atoms with van der Waals surface area (Å²) in [6.07, 6.45) is 1.95. The molecule has 3 rings (SSSR count). The molecule has 2 aromatic carbocycles. The van der Waals surface area contributed by atoms with Gasteiger partial charge in [-0.15, -0.1) is 0 Å². The number of benzene rings is 2. The van der Waals surface area contributed by atoms with E-state index in [2.05, 4.69) is 22.4 Å². The molecule has 0 saturated carbocycles. The highest BCUT2D eigenvalue weighted by molar-refractivity contribution is 5.98. The van der Waals surface area contributed by atoms with Crippen LogP contribution in [0, 0.1) is 0 Å². The number of para-hydroxylation sites is 1. The average molecular weight is 264 g/mol. The van der Waals surface area contributed by atoms with Crippen LogP contribution in [0.25, 0.3) is 5.70 Å². The van der Waals surface area contributed by atoms with Gasteiger partial charge in [-0.2, -0.15) is 0 Å². The highest BCUT2D eigenvalue weighted by atomic mass is 16.5. The standard InChI is InChI=1S/C17H16N2O/c1-3-7-14(8-4-1)16(13-17-18-11-12-20-17)19-15-9-5-2-6-10-15/h1-10,13,19H,11-12H2/b16-13-.